The number of Topliss-reactive ketones (excluding diaryl/α,β-unsaturated/α-hetero) is 1. The number of benzene rings is 2. The quantitative estimate of drug-likeness (QED) is 0.341. The predicted molar refractivity (Wildman–Crippen MR) is 113 cm³/mol. The Morgan fingerprint density at radius 2 is 1.75 bits per heavy atom. The lowest BCUT2D eigenvalue weighted by Crippen LogP contribution is -2.03. The van der Waals surface area contributed by atoms with E-state index in [9.17, 15) is 4.79 Å². The molecule has 0 aliphatic carbocycles. The number of thioether (sulfide) groups is 1. The largest absolute Gasteiger partial charge is 0.293 e. The van der Waals surface area contributed by atoms with Crippen LogP contribution in [0, 0.1) is 13.8 Å². The summed E-state index contributed by atoms with van der Waals surface area (Å²) in [6.45, 7) is 3.94. The highest BCUT2D eigenvalue weighted by Crippen LogP contribution is 2.30. The number of fused-ring (bicyclic) bond motifs is 1. The second-order valence-corrected chi connectivity index (χ2v) is 7.77. The van der Waals surface area contributed by atoms with Crippen LogP contribution in [0.4, 0.5) is 0 Å². The van der Waals surface area contributed by atoms with E-state index in [2.05, 4.69) is 10.2 Å². The summed E-state index contributed by atoms with van der Waals surface area (Å²) in [5, 5.41) is 15.6. The van der Waals surface area contributed by atoms with Crippen molar-refractivity contribution in [1.82, 2.24) is 20.0 Å². The number of nitrogens with zero attached hydrogens (tertiary/aromatic N) is 4. The Morgan fingerprint density at radius 3 is 2.46 bits per heavy atom. The summed E-state index contributed by atoms with van der Waals surface area (Å²) in [5.74, 6) is 0.266. The zero-order chi connectivity index (χ0) is 19.7. The van der Waals surface area contributed by atoms with Crippen molar-refractivity contribution in [2.24, 2.45) is 0 Å². The van der Waals surface area contributed by atoms with E-state index in [1.165, 1.54) is 11.8 Å². The number of hydrogen-bond acceptors (Lipinski definition) is 5. The van der Waals surface area contributed by atoms with Gasteiger partial charge >= 0.3 is 0 Å². The fraction of sp³-hybridized carbons (Fsp3) is 0.143. The van der Waals surface area contributed by atoms with Gasteiger partial charge in [0.1, 0.15) is 10.5 Å². The van der Waals surface area contributed by atoms with Gasteiger partial charge in [0, 0.05) is 16.0 Å². The van der Waals surface area contributed by atoms with Gasteiger partial charge < -0.3 is 0 Å². The van der Waals surface area contributed by atoms with Crippen molar-refractivity contribution in [3.05, 3.63) is 76.6 Å². The highest BCUT2D eigenvalue weighted by Gasteiger charge is 2.18. The monoisotopic (exact) mass is 408 g/mol. The number of ketones is 1. The van der Waals surface area contributed by atoms with Gasteiger partial charge in [-0.05, 0) is 50.2 Å². The lowest BCUT2D eigenvalue weighted by molar-refractivity contribution is 0.102. The molecular weight excluding hydrogens is 392 g/mol. The SMILES string of the molecule is Cc1nnc(SCC(=O)c2ccc(Cl)cc2)c2nn(-c3ccccc3)c(C)c12. The Bertz CT molecular complexity index is 1160. The summed E-state index contributed by atoms with van der Waals surface area (Å²) in [4.78, 5) is 12.5. The van der Waals surface area contributed by atoms with E-state index in [-0.39, 0.29) is 11.5 Å². The number of para-hydroxylation sites is 1. The van der Waals surface area contributed by atoms with Crippen LogP contribution in [0.15, 0.2) is 59.6 Å². The van der Waals surface area contributed by atoms with Gasteiger partial charge in [0.15, 0.2) is 5.78 Å². The van der Waals surface area contributed by atoms with E-state index in [0.29, 0.717) is 15.6 Å². The van der Waals surface area contributed by atoms with E-state index in [4.69, 9.17) is 16.7 Å². The molecule has 140 valence electrons. The summed E-state index contributed by atoms with van der Waals surface area (Å²) in [5.41, 5.74) is 4.19. The molecule has 2 aromatic heterocycles. The minimum Gasteiger partial charge on any atom is -0.293 e. The summed E-state index contributed by atoms with van der Waals surface area (Å²) in [6.07, 6.45) is 0. The van der Waals surface area contributed by atoms with Gasteiger partial charge in [-0.2, -0.15) is 10.2 Å². The van der Waals surface area contributed by atoms with E-state index >= 15 is 0 Å². The molecule has 7 heteroatoms. The van der Waals surface area contributed by atoms with Crippen molar-refractivity contribution in [2.75, 3.05) is 5.75 Å². The van der Waals surface area contributed by atoms with Crippen LogP contribution in [0.3, 0.4) is 0 Å². The van der Waals surface area contributed by atoms with E-state index in [0.717, 1.165) is 28.0 Å². The van der Waals surface area contributed by atoms with Gasteiger partial charge in [-0.3, -0.25) is 4.79 Å². The Labute approximate surface area is 171 Å². The maximum absolute atomic E-state index is 12.5. The average molecular weight is 409 g/mol. The maximum Gasteiger partial charge on any atom is 0.173 e. The highest BCUT2D eigenvalue weighted by atomic mass is 35.5. The molecule has 28 heavy (non-hydrogen) atoms. The van der Waals surface area contributed by atoms with Crippen molar-refractivity contribution < 1.29 is 4.79 Å². The Morgan fingerprint density at radius 1 is 1.04 bits per heavy atom. The molecule has 0 aliphatic heterocycles. The smallest absolute Gasteiger partial charge is 0.173 e. The minimum absolute atomic E-state index is 0.0106. The van der Waals surface area contributed by atoms with Crippen LogP contribution in [0.25, 0.3) is 16.6 Å². The predicted octanol–water partition coefficient (Wildman–Crippen LogP) is 5.06. The molecule has 0 fully saturated rings. The third-order valence-electron chi connectivity index (χ3n) is 4.48. The lowest BCUT2D eigenvalue weighted by Gasteiger charge is -2.03. The molecule has 2 heterocycles. The fourth-order valence-electron chi connectivity index (χ4n) is 3.07. The zero-order valence-electron chi connectivity index (χ0n) is 15.4. The van der Waals surface area contributed by atoms with Gasteiger partial charge in [-0.15, -0.1) is 5.10 Å². The van der Waals surface area contributed by atoms with Gasteiger partial charge in [0.25, 0.3) is 0 Å². The first-order valence-electron chi connectivity index (χ1n) is 8.74. The molecule has 4 rings (SSSR count). The number of carbonyl (C=O) groups is 1. The van der Waals surface area contributed by atoms with E-state index in [1.807, 2.05) is 48.9 Å². The number of aryl methyl sites for hydroxylation is 2. The molecular formula is C21H17ClN4OS. The summed E-state index contributed by atoms with van der Waals surface area (Å²) < 4.78 is 1.89. The first kappa shape index (κ1) is 18.7. The molecule has 0 spiro atoms. The molecule has 2 aromatic carbocycles. The zero-order valence-corrected chi connectivity index (χ0v) is 17.0. The van der Waals surface area contributed by atoms with Gasteiger partial charge in [0.05, 0.1) is 22.8 Å². The maximum atomic E-state index is 12.5. The van der Waals surface area contributed by atoms with Crippen LogP contribution < -0.4 is 0 Å². The molecule has 0 saturated heterocycles. The molecule has 4 aromatic rings. The number of rotatable bonds is 5. The topological polar surface area (TPSA) is 60.7 Å². The summed E-state index contributed by atoms with van der Waals surface area (Å²) in [7, 11) is 0. The number of halogens is 1. The van der Waals surface area contributed by atoms with Crippen molar-refractivity contribution >= 4 is 40.0 Å². The highest BCUT2D eigenvalue weighted by molar-refractivity contribution is 8.00. The third-order valence-corrected chi connectivity index (χ3v) is 5.69. The Kier molecular flexibility index (Phi) is 5.15. The molecule has 0 bridgehead atoms. The van der Waals surface area contributed by atoms with E-state index < -0.39 is 0 Å². The first-order chi connectivity index (χ1) is 13.5. The van der Waals surface area contributed by atoms with Crippen LogP contribution >= 0.6 is 23.4 Å². The molecule has 0 atom stereocenters. The van der Waals surface area contributed by atoms with Gasteiger partial charge in [-0.25, -0.2) is 4.68 Å². The second-order valence-electron chi connectivity index (χ2n) is 6.37. The molecule has 0 unspecified atom stereocenters. The Balaban J connectivity index is 1.67. The molecule has 0 amide bonds. The average Bonchev–Trinajstić information content (AvgIpc) is 3.07. The lowest BCUT2D eigenvalue weighted by atomic mass is 10.1. The van der Waals surface area contributed by atoms with E-state index in [1.54, 1.807) is 24.3 Å². The van der Waals surface area contributed by atoms with Crippen LogP contribution in [-0.4, -0.2) is 31.5 Å². The van der Waals surface area contributed by atoms with Crippen LogP contribution in [0.2, 0.25) is 5.02 Å². The van der Waals surface area contributed by atoms with Crippen molar-refractivity contribution in [1.29, 1.82) is 0 Å². The normalized spacial score (nSPS) is 11.1. The minimum atomic E-state index is 0.0106. The Hall–Kier alpha value is -2.70. The number of aromatic nitrogens is 4. The van der Waals surface area contributed by atoms with Crippen LogP contribution in [-0.2, 0) is 0 Å². The molecule has 0 radical (unpaired) electrons. The molecule has 0 aliphatic rings. The van der Waals surface area contributed by atoms with Crippen molar-refractivity contribution in [3.8, 4) is 5.69 Å². The number of hydrogen-bond donors (Lipinski definition) is 0. The summed E-state index contributed by atoms with van der Waals surface area (Å²) >= 11 is 7.24. The van der Waals surface area contributed by atoms with Crippen molar-refractivity contribution in [2.45, 2.75) is 18.9 Å². The molecule has 0 N–H and O–H groups in total. The standard InChI is InChI=1S/C21H17ClN4OS/c1-13-19-14(2)26(17-6-4-3-5-7-17)25-20(19)21(24-23-13)28-12-18(27)15-8-10-16(22)11-9-15/h3-11H,12H2,1-2H3. The first-order valence-corrected chi connectivity index (χ1v) is 10.1. The van der Waals surface area contributed by atoms with Gasteiger partial charge in [-0.1, -0.05) is 41.6 Å². The molecule has 0 saturated carbocycles. The second kappa shape index (κ2) is 7.73. The van der Waals surface area contributed by atoms with Crippen LogP contribution in [0.5, 0.6) is 0 Å². The third kappa shape index (κ3) is 3.53. The number of carbonyl (C=O) groups excluding carboxylic acids is 1. The van der Waals surface area contributed by atoms with Crippen LogP contribution in [0.1, 0.15) is 21.7 Å². The summed E-state index contributed by atoms with van der Waals surface area (Å²) in [6, 6.07) is 16.8. The van der Waals surface area contributed by atoms with Crippen molar-refractivity contribution in [3.63, 3.8) is 0 Å². The molecule has 5 nitrogen and oxygen atoms in total. The fourth-order valence-corrected chi connectivity index (χ4v) is 4.01. The van der Waals surface area contributed by atoms with Gasteiger partial charge in [0.2, 0.25) is 0 Å².